The summed E-state index contributed by atoms with van der Waals surface area (Å²) < 4.78 is 0. The number of fused-ring (bicyclic) bond motifs is 2. The van der Waals surface area contributed by atoms with Crippen LogP contribution in [0, 0.1) is 10.1 Å². The third-order valence-corrected chi connectivity index (χ3v) is 4.54. The maximum absolute atomic E-state index is 12.6. The van der Waals surface area contributed by atoms with E-state index in [1.54, 1.807) is 12.1 Å². The fraction of sp³-hybridized carbons (Fsp3) is 0.0500. The van der Waals surface area contributed by atoms with Crippen molar-refractivity contribution in [2.75, 3.05) is 11.9 Å². The fourth-order valence-corrected chi connectivity index (χ4v) is 3.28. The molecular weight excluding hydrogens is 362 g/mol. The van der Waals surface area contributed by atoms with E-state index in [4.69, 9.17) is 0 Å². The summed E-state index contributed by atoms with van der Waals surface area (Å²) in [4.78, 5) is 48.7. The summed E-state index contributed by atoms with van der Waals surface area (Å²) >= 11 is 0. The number of hydrogen-bond donors (Lipinski definition) is 1. The lowest BCUT2D eigenvalue weighted by molar-refractivity contribution is -0.385. The molecule has 0 aromatic heterocycles. The van der Waals surface area contributed by atoms with Gasteiger partial charge in [0.05, 0.1) is 10.5 Å². The maximum Gasteiger partial charge on any atom is 0.282 e. The van der Waals surface area contributed by atoms with E-state index in [0.29, 0.717) is 5.69 Å². The highest BCUT2D eigenvalue weighted by Crippen LogP contribution is 2.30. The molecule has 0 aliphatic carbocycles. The largest absolute Gasteiger partial charge is 0.324 e. The predicted molar refractivity (Wildman–Crippen MR) is 101 cm³/mol. The maximum atomic E-state index is 12.6. The summed E-state index contributed by atoms with van der Waals surface area (Å²) in [5.41, 5.74) is -0.258. The van der Waals surface area contributed by atoms with Crippen LogP contribution in [0.25, 0.3) is 10.8 Å². The van der Waals surface area contributed by atoms with Crippen LogP contribution in [0.15, 0.2) is 60.7 Å². The lowest BCUT2D eigenvalue weighted by Crippen LogP contribution is -2.37. The molecule has 0 saturated carbocycles. The monoisotopic (exact) mass is 375 g/mol. The van der Waals surface area contributed by atoms with Gasteiger partial charge < -0.3 is 5.32 Å². The van der Waals surface area contributed by atoms with Gasteiger partial charge in [-0.05, 0) is 17.5 Å². The summed E-state index contributed by atoms with van der Waals surface area (Å²) in [6.07, 6.45) is 0. The van der Waals surface area contributed by atoms with Crippen molar-refractivity contribution in [3.05, 3.63) is 81.9 Å². The van der Waals surface area contributed by atoms with Crippen molar-refractivity contribution in [2.45, 2.75) is 0 Å². The highest BCUT2D eigenvalue weighted by molar-refractivity contribution is 6.24. The minimum atomic E-state index is -0.847. The molecule has 8 heteroatoms. The molecule has 3 aromatic rings. The minimum absolute atomic E-state index is 0.0721. The van der Waals surface area contributed by atoms with Gasteiger partial charge in [-0.3, -0.25) is 29.4 Å². The van der Waals surface area contributed by atoms with Crippen LogP contribution < -0.4 is 5.32 Å². The number of rotatable bonds is 4. The first-order valence-electron chi connectivity index (χ1n) is 8.38. The Bertz CT molecular complexity index is 1170. The van der Waals surface area contributed by atoms with Crippen molar-refractivity contribution in [1.82, 2.24) is 4.90 Å². The second kappa shape index (κ2) is 6.58. The molecule has 8 nitrogen and oxygen atoms in total. The van der Waals surface area contributed by atoms with Crippen molar-refractivity contribution in [3.63, 3.8) is 0 Å². The third-order valence-electron chi connectivity index (χ3n) is 4.54. The van der Waals surface area contributed by atoms with Gasteiger partial charge in [-0.15, -0.1) is 0 Å². The lowest BCUT2D eigenvalue weighted by atomic mass is 10.1. The number of imide groups is 1. The standard InChI is InChI=1S/C20H13N3O5/c24-17(21-15-9-3-6-12-5-1-2-7-13(12)15)11-22-19(25)14-8-4-10-16(23(27)28)18(14)20(22)26/h1-10H,11H2,(H,21,24). The van der Waals surface area contributed by atoms with E-state index in [9.17, 15) is 24.5 Å². The molecule has 4 rings (SSSR count). The van der Waals surface area contributed by atoms with Crippen LogP contribution in [0.4, 0.5) is 11.4 Å². The molecule has 0 unspecified atom stereocenters. The molecule has 138 valence electrons. The summed E-state index contributed by atoms with van der Waals surface area (Å²) in [6, 6.07) is 16.7. The van der Waals surface area contributed by atoms with Crippen molar-refractivity contribution in [3.8, 4) is 0 Å². The normalized spacial score (nSPS) is 12.9. The number of amides is 3. The molecule has 1 aliphatic rings. The third kappa shape index (κ3) is 2.77. The average Bonchev–Trinajstić information content (AvgIpc) is 2.93. The Balaban J connectivity index is 1.59. The molecule has 1 heterocycles. The van der Waals surface area contributed by atoms with Gasteiger partial charge in [-0.2, -0.15) is 0 Å². The van der Waals surface area contributed by atoms with Crippen LogP contribution in [0.1, 0.15) is 20.7 Å². The highest BCUT2D eigenvalue weighted by atomic mass is 16.6. The number of nitro groups is 1. The summed E-state index contributed by atoms with van der Waals surface area (Å²) in [5.74, 6) is -2.15. The quantitative estimate of drug-likeness (QED) is 0.428. The molecule has 3 amide bonds. The van der Waals surface area contributed by atoms with Crippen molar-refractivity contribution in [1.29, 1.82) is 0 Å². The predicted octanol–water partition coefficient (Wildman–Crippen LogP) is 2.98. The summed E-state index contributed by atoms with van der Waals surface area (Å²) in [7, 11) is 0. The lowest BCUT2D eigenvalue weighted by Gasteiger charge is -2.14. The Labute approximate surface area is 158 Å². The number of nitrogens with one attached hydrogen (secondary N) is 1. The zero-order valence-corrected chi connectivity index (χ0v) is 14.4. The fourth-order valence-electron chi connectivity index (χ4n) is 3.28. The van der Waals surface area contributed by atoms with Crippen molar-refractivity contribution >= 4 is 39.9 Å². The van der Waals surface area contributed by atoms with E-state index in [1.165, 1.54) is 12.1 Å². The number of nitrogens with zero attached hydrogens (tertiary/aromatic N) is 2. The van der Waals surface area contributed by atoms with Crippen LogP contribution in [-0.4, -0.2) is 34.1 Å². The van der Waals surface area contributed by atoms with Crippen LogP contribution in [0.2, 0.25) is 0 Å². The van der Waals surface area contributed by atoms with E-state index in [0.717, 1.165) is 21.7 Å². The van der Waals surface area contributed by atoms with E-state index in [2.05, 4.69) is 5.32 Å². The Morgan fingerprint density at radius 2 is 1.68 bits per heavy atom. The molecule has 0 radical (unpaired) electrons. The first-order valence-corrected chi connectivity index (χ1v) is 8.38. The Hall–Kier alpha value is -4.07. The van der Waals surface area contributed by atoms with Gasteiger partial charge in [-0.25, -0.2) is 0 Å². The van der Waals surface area contributed by atoms with Gasteiger partial charge in [0.25, 0.3) is 17.5 Å². The summed E-state index contributed by atoms with van der Waals surface area (Å²) in [6.45, 7) is -0.535. The molecule has 0 saturated heterocycles. The van der Waals surface area contributed by atoms with Crippen molar-refractivity contribution in [2.24, 2.45) is 0 Å². The molecule has 0 atom stereocenters. The first-order chi connectivity index (χ1) is 13.5. The van der Waals surface area contributed by atoms with Gasteiger partial charge >= 0.3 is 0 Å². The SMILES string of the molecule is O=C(CN1C(=O)c2cccc([N+](=O)[O-])c2C1=O)Nc1cccc2ccccc12. The second-order valence-corrected chi connectivity index (χ2v) is 6.23. The second-order valence-electron chi connectivity index (χ2n) is 6.23. The molecule has 3 aromatic carbocycles. The topological polar surface area (TPSA) is 110 Å². The molecule has 0 bridgehead atoms. The van der Waals surface area contributed by atoms with Crippen LogP contribution in [-0.2, 0) is 4.79 Å². The van der Waals surface area contributed by atoms with Crippen LogP contribution in [0.5, 0.6) is 0 Å². The van der Waals surface area contributed by atoms with Gasteiger partial charge in [0.2, 0.25) is 5.91 Å². The van der Waals surface area contributed by atoms with Gasteiger partial charge in [0, 0.05) is 17.1 Å². The zero-order chi connectivity index (χ0) is 19.8. The average molecular weight is 375 g/mol. The number of carbonyl (C=O) groups excluding carboxylic acids is 3. The van der Waals surface area contributed by atoms with E-state index < -0.39 is 34.9 Å². The Kier molecular flexibility index (Phi) is 4.08. The smallest absolute Gasteiger partial charge is 0.282 e. The van der Waals surface area contributed by atoms with Gasteiger partial charge in [0.15, 0.2) is 0 Å². The van der Waals surface area contributed by atoms with Gasteiger partial charge in [0.1, 0.15) is 12.1 Å². The number of carbonyl (C=O) groups is 3. The molecular formula is C20H13N3O5. The molecule has 0 fully saturated rings. The van der Waals surface area contributed by atoms with Crippen LogP contribution >= 0.6 is 0 Å². The van der Waals surface area contributed by atoms with Crippen LogP contribution in [0.3, 0.4) is 0 Å². The zero-order valence-electron chi connectivity index (χ0n) is 14.4. The molecule has 28 heavy (non-hydrogen) atoms. The number of nitro benzene ring substituents is 1. The Morgan fingerprint density at radius 1 is 0.964 bits per heavy atom. The minimum Gasteiger partial charge on any atom is -0.324 e. The van der Waals surface area contributed by atoms with E-state index >= 15 is 0 Å². The molecule has 0 spiro atoms. The Morgan fingerprint density at radius 3 is 2.46 bits per heavy atom. The first kappa shape index (κ1) is 17.3. The molecule has 1 aliphatic heterocycles. The summed E-state index contributed by atoms with van der Waals surface area (Å²) in [5, 5.41) is 15.6. The number of anilines is 1. The van der Waals surface area contributed by atoms with E-state index in [-0.39, 0.29) is 11.1 Å². The molecule has 1 N–H and O–H groups in total. The number of hydrogen-bond acceptors (Lipinski definition) is 5. The van der Waals surface area contributed by atoms with Gasteiger partial charge in [-0.1, -0.05) is 42.5 Å². The van der Waals surface area contributed by atoms with Crippen molar-refractivity contribution < 1.29 is 19.3 Å². The van der Waals surface area contributed by atoms with E-state index in [1.807, 2.05) is 30.3 Å². The number of benzene rings is 3. The highest BCUT2D eigenvalue weighted by Gasteiger charge is 2.41.